The molecule has 0 bridgehead atoms. The largest absolute Gasteiger partial charge is 0.382 e. The molecule has 1 saturated carbocycles. The summed E-state index contributed by atoms with van der Waals surface area (Å²) in [7, 11) is 0. The quantitative estimate of drug-likeness (QED) is 0.876. The van der Waals surface area contributed by atoms with E-state index in [2.05, 4.69) is 17.6 Å². The number of hydrogen-bond acceptors (Lipinski definition) is 2. The summed E-state index contributed by atoms with van der Waals surface area (Å²) in [6.07, 6.45) is 5.23. The van der Waals surface area contributed by atoms with Gasteiger partial charge in [0.15, 0.2) is 0 Å². The lowest BCUT2D eigenvalue weighted by Gasteiger charge is -2.30. The highest BCUT2D eigenvalue weighted by Crippen LogP contribution is 2.26. The maximum Gasteiger partial charge on any atom is 0.251 e. The van der Waals surface area contributed by atoms with Crippen LogP contribution in [-0.4, -0.2) is 18.0 Å². The summed E-state index contributed by atoms with van der Waals surface area (Å²) >= 11 is 0. The molecular formula is C17H26N2O. The molecule has 20 heavy (non-hydrogen) atoms. The summed E-state index contributed by atoms with van der Waals surface area (Å²) in [6, 6.07) is 8.55. The van der Waals surface area contributed by atoms with Crippen LogP contribution in [0.5, 0.6) is 0 Å². The first-order valence-electron chi connectivity index (χ1n) is 7.73. The van der Waals surface area contributed by atoms with E-state index in [9.17, 15) is 4.79 Å². The SMILES string of the molecule is CC(C)NC(=O)c1ccc(NC2CCCCC2C)cc1. The Labute approximate surface area is 122 Å². The number of nitrogens with one attached hydrogen (secondary N) is 2. The van der Waals surface area contributed by atoms with Crippen LogP contribution in [0.3, 0.4) is 0 Å². The average molecular weight is 274 g/mol. The summed E-state index contributed by atoms with van der Waals surface area (Å²) in [5.41, 5.74) is 1.84. The molecule has 0 aromatic heterocycles. The highest BCUT2D eigenvalue weighted by Gasteiger charge is 2.20. The van der Waals surface area contributed by atoms with Crippen molar-refractivity contribution in [3.63, 3.8) is 0 Å². The van der Waals surface area contributed by atoms with Crippen LogP contribution in [0.4, 0.5) is 5.69 Å². The first-order chi connectivity index (χ1) is 9.56. The zero-order valence-corrected chi connectivity index (χ0v) is 12.8. The molecule has 3 heteroatoms. The van der Waals surface area contributed by atoms with Crippen LogP contribution in [0.1, 0.15) is 56.8 Å². The van der Waals surface area contributed by atoms with Gasteiger partial charge in [-0.1, -0.05) is 19.8 Å². The van der Waals surface area contributed by atoms with Gasteiger partial charge in [0.25, 0.3) is 5.91 Å². The molecule has 0 heterocycles. The third kappa shape index (κ3) is 3.99. The van der Waals surface area contributed by atoms with Gasteiger partial charge in [-0.15, -0.1) is 0 Å². The Morgan fingerprint density at radius 2 is 1.80 bits per heavy atom. The fraction of sp³-hybridized carbons (Fsp3) is 0.588. The topological polar surface area (TPSA) is 41.1 Å². The first-order valence-corrected chi connectivity index (χ1v) is 7.73. The lowest BCUT2D eigenvalue weighted by molar-refractivity contribution is 0.0943. The number of benzene rings is 1. The lowest BCUT2D eigenvalue weighted by atomic mass is 9.86. The molecular weight excluding hydrogens is 248 g/mol. The van der Waals surface area contributed by atoms with Crippen molar-refractivity contribution in [2.75, 3.05) is 5.32 Å². The molecule has 1 aliphatic rings. The van der Waals surface area contributed by atoms with E-state index < -0.39 is 0 Å². The van der Waals surface area contributed by atoms with E-state index >= 15 is 0 Å². The van der Waals surface area contributed by atoms with Crippen LogP contribution in [0, 0.1) is 5.92 Å². The van der Waals surface area contributed by atoms with Crippen molar-refractivity contribution in [1.29, 1.82) is 0 Å². The number of amides is 1. The number of carbonyl (C=O) groups is 1. The van der Waals surface area contributed by atoms with Crippen LogP contribution in [0.25, 0.3) is 0 Å². The Bertz CT molecular complexity index is 439. The molecule has 110 valence electrons. The second-order valence-corrected chi connectivity index (χ2v) is 6.22. The average Bonchev–Trinajstić information content (AvgIpc) is 2.41. The van der Waals surface area contributed by atoms with Crippen molar-refractivity contribution >= 4 is 11.6 Å². The van der Waals surface area contributed by atoms with Gasteiger partial charge < -0.3 is 10.6 Å². The summed E-state index contributed by atoms with van der Waals surface area (Å²) < 4.78 is 0. The van der Waals surface area contributed by atoms with Crippen LogP contribution >= 0.6 is 0 Å². The Hall–Kier alpha value is -1.51. The van der Waals surface area contributed by atoms with Gasteiger partial charge >= 0.3 is 0 Å². The third-order valence-corrected chi connectivity index (χ3v) is 4.03. The van der Waals surface area contributed by atoms with Crippen LogP contribution in [0.2, 0.25) is 0 Å². The maximum atomic E-state index is 11.9. The molecule has 0 spiro atoms. The number of carbonyl (C=O) groups excluding carboxylic acids is 1. The fourth-order valence-electron chi connectivity index (χ4n) is 2.81. The number of rotatable bonds is 4. The molecule has 1 fully saturated rings. The van der Waals surface area contributed by atoms with E-state index in [0.29, 0.717) is 6.04 Å². The third-order valence-electron chi connectivity index (χ3n) is 4.03. The molecule has 2 N–H and O–H groups in total. The van der Waals surface area contributed by atoms with Gasteiger partial charge in [-0.25, -0.2) is 0 Å². The summed E-state index contributed by atoms with van der Waals surface area (Å²) in [4.78, 5) is 11.9. The summed E-state index contributed by atoms with van der Waals surface area (Å²) in [5.74, 6) is 0.727. The van der Waals surface area contributed by atoms with Crippen molar-refractivity contribution < 1.29 is 4.79 Å². The highest BCUT2D eigenvalue weighted by molar-refractivity contribution is 5.94. The predicted octanol–water partition coefficient (Wildman–Crippen LogP) is 3.82. The summed E-state index contributed by atoms with van der Waals surface area (Å²) in [6.45, 7) is 6.26. The molecule has 0 radical (unpaired) electrons. The highest BCUT2D eigenvalue weighted by atomic mass is 16.1. The minimum absolute atomic E-state index is 0.00224. The molecule has 1 aromatic rings. The van der Waals surface area contributed by atoms with E-state index in [1.165, 1.54) is 25.7 Å². The zero-order valence-electron chi connectivity index (χ0n) is 12.8. The zero-order chi connectivity index (χ0) is 14.5. The van der Waals surface area contributed by atoms with E-state index in [4.69, 9.17) is 0 Å². The van der Waals surface area contributed by atoms with Gasteiger partial charge in [0.2, 0.25) is 0 Å². The smallest absolute Gasteiger partial charge is 0.251 e. The van der Waals surface area contributed by atoms with Crippen LogP contribution in [0.15, 0.2) is 24.3 Å². The number of anilines is 1. The lowest BCUT2D eigenvalue weighted by Crippen LogP contribution is -2.31. The molecule has 1 aliphatic carbocycles. The first kappa shape index (κ1) is 14.9. The number of hydrogen-bond donors (Lipinski definition) is 2. The molecule has 1 aromatic carbocycles. The van der Waals surface area contributed by atoms with Gasteiger partial charge in [0.05, 0.1) is 0 Å². The fourth-order valence-corrected chi connectivity index (χ4v) is 2.81. The van der Waals surface area contributed by atoms with Gasteiger partial charge in [-0.05, 0) is 56.9 Å². The van der Waals surface area contributed by atoms with Crippen molar-refractivity contribution in [2.45, 2.75) is 58.5 Å². The predicted molar refractivity (Wildman–Crippen MR) is 84.1 cm³/mol. The van der Waals surface area contributed by atoms with Gasteiger partial charge in [-0.2, -0.15) is 0 Å². The van der Waals surface area contributed by atoms with E-state index in [1.54, 1.807) is 0 Å². The minimum atomic E-state index is -0.00224. The van der Waals surface area contributed by atoms with E-state index in [-0.39, 0.29) is 11.9 Å². The Kier molecular flexibility index (Phi) is 5.05. The van der Waals surface area contributed by atoms with Crippen molar-refractivity contribution in [2.24, 2.45) is 5.92 Å². The molecule has 0 saturated heterocycles. The minimum Gasteiger partial charge on any atom is -0.382 e. The molecule has 0 aliphatic heterocycles. The standard InChI is InChI=1S/C17H26N2O/c1-12(2)18-17(20)14-8-10-15(11-9-14)19-16-7-5-4-6-13(16)3/h8-13,16,19H,4-7H2,1-3H3,(H,18,20). The molecule has 3 nitrogen and oxygen atoms in total. The normalized spacial score (nSPS) is 22.6. The molecule has 1 amide bonds. The second kappa shape index (κ2) is 6.78. The van der Waals surface area contributed by atoms with Crippen LogP contribution < -0.4 is 10.6 Å². The molecule has 2 rings (SSSR count). The van der Waals surface area contributed by atoms with Crippen molar-refractivity contribution in [3.05, 3.63) is 29.8 Å². The Morgan fingerprint density at radius 1 is 1.15 bits per heavy atom. The molecule has 2 unspecified atom stereocenters. The van der Waals surface area contributed by atoms with Crippen molar-refractivity contribution in [3.8, 4) is 0 Å². The van der Waals surface area contributed by atoms with Gasteiger partial charge in [-0.3, -0.25) is 4.79 Å². The second-order valence-electron chi connectivity index (χ2n) is 6.22. The van der Waals surface area contributed by atoms with E-state index in [1.807, 2.05) is 38.1 Å². The van der Waals surface area contributed by atoms with Gasteiger partial charge in [0.1, 0.15) is 0 Å². The Balaban J connectivity index is 1.95. The van der Waals surface area contributed by atoms with E-state index in [0.717, 1.165) is 17.2 Å². The van der Waals surface area contributed by atoms with Crippen LogP contribution in [-0.2, 0) is 0 Å². The summed E-state index contributed by atoms with van der Waals surface area (Å²) in [5, 5.41) is 6.51. The van der Waals surface area contributed by atoms with Gasteiger partial charge in [0, 0.05) is 23.3 Å². The maximum absolute atomic E-state index is 11.9. The monoisotopic (exact) mass is 274 g/mol. The Morgan fingerprint density at radius 3 is 2.40 bits per heavy atom. The van der Waals surface area contributed by atoms with Crippen molar-refractivity contribution in [1.82, 2.24) is 5.32 Å². The molecule has 2 atom stereocenters.